The summed E-state index contributed by atoms with van der Waals surface area (Å²) in [4.78, 5) is 18.5. The van der Waals surface area contributed by atoms with Gasteiger partial charge in [-0.1, -0.05) is 0 Å². The highest BCUT2D eigenvalue weighted by atomic mass is 32.2. The molecule has 3 aliphatic rings. The fourth-order valence-electron chi connectivity index (χ4n) is 4.49. The predicted octanol–water partition coefficient (Wildman–Crippen LogP) is 1.76. The molecule has 1 aromatic heterocycles. The molecule has 0 radical (unpaired) electrons. The standard InChI is InChI=1S/C18H27N3O3S2/c1-14-6-7-17(25-14)26(23,24)21-9-2-4-15(12-21)18(22)20-11-10-19-8-3-5-16(19)13-20/h6-7,15-16H,2-5,8-13H2,1H3. The zero-order valence-electron chi connectivity index (χ0n) is 15.3. The van der Waals surface area contributed by atoms with Gasteiger partial charge in [0.15, 0.2) is 0 Å². The van der Waals surface area contributed by atoms with E-state index >= 15 is 0 Å². The van der Waals surface area contributed by atoms with Gasteiger partial charge in [-0.05, 0) is 51.3 Å². The van der Waals surface area contributed by atoms with E-state index in [0.29, 0.717) is 23.3 Å². The topological polar surface area (TPSA) is 60.9 Å². The van der Waals surface area contributed by atoms with Crippen molar-refractivity contribution in [2.75, 3.05) is 39.3 Å². The van der Waals surface area contributed by atoms with Crippen LogP contribution in [0.15, 0.2) is 16.3 Å². The molecule has 8 heteroatoms. The average Bonchev–Trinajstić information content (AvgIpc) is 3.29. The molecule has 2 unspecified atom stereocenters. The van der Waals surface area contributed by atoms with Crippen molar-refractivity contribution < 1.29 is 13.2 Å². The van der Waals surface area contributed by atoms with Crippen molar-refractivity contribution in [3.05, 3.63) is 17.0 Å². The van der Waals surface area contributed by atoms with E-state index in [-0.39, 0.29) is 11.8 Å². The minimum Gasteiger partial charge on any atom is -0.340 e. The van der Waals surface area contributed by atoms with Crippen LogP contribution >= 0.6 is 11.3 Å². The molecule has 6 nitrogen and oxygen atoms in total. The summed E-state index contributed by atoms with van der Waals surface area (Å²) in [6, 6.07) is 4.02. The van der Waals surface area contributed by atoms with Gasteiger partial charge in [0, 0.05) is 43.6 Å². The van der Waals surface area contributed by atoms with Gasteiger partial charge < -0.3 is 4.90 Å². The number of piperazine rings is 1. The summed E-state index contributed by atoms with van der Waals surface area (Å²) in [7, 11) is -3.48. The average molecular weight is 398 g/mol. The molecule has 1 aromatic rings. The molecular formula is C18H27N3O3S2. The lowest BCUT2D eigenvalue weighted by atomic mass is 9.97. The lowest BCUT2D eigenvalue weighted by molar-refractivity contribution is -0.139. The van der Waals surface area contributed by atoms with Gasteiger partial charge >= 0.3 is 0 Å². The number of hydrogen-bond acceptors (Lipinski definition) is 5. The van der Waals surface area contributed by atoms with Gasteiger partial charge in [0.1, 0.15) is 4.21 Å². The van der Waals surface area contributed by atoms with Gasteiger partial charge in [-0.15, -0.1) is 11.3 Å². The van der Waals surface area contributed by atoms with Crippen LogP contribution in [0.5, 0.6) is 0 Å². The van der Waals surface area contributed by atoms with Crippen LogP contribution in [-0.4, -0.2) is 73.7 Å². The van der Waals surface area contributed by atoms with Crippen LogP contribution in [0.2, 0.25) is 0 Å². The number of thiophene rings is 1. The summed E-state index contributed by atoms with van der Waals surface area (Å²) in [5.74, 6) is -0.0497. The summed E-state index contributed by atoms with van der Waals surface area (Å²) in [5.41, 5.74) is 0. The third-order valence-corrected chi connectivity index (χ3v) is 9.28. The summed E-state index contributed by atoms with van der Waals surface area (Å²) in [5, 5.41) is 0. The highest BCUT2D eigenvalue weighted by Gasteiger charge is 2.38. The second-order valence-corrected chi connectivity index (χ2v) is 11.1. The number of sulfonamides is 1. The predicted molar refractivity (Wildman–Crippen MR) is 102 cm³/mol. The number of nitrogens with zero attached hydrogens (tertiary/aromatic N) is 3. The first-order chi connectivity index (χ1) is 12.4. The molecule has 0 spiro atoms. The van der Waals surface area contributed by atoms with Crippen molar-refractivity contribution in [1.29, 1.82) is 0 Å². The summed E-state index contributed by atoms with van der Waals surface area (Å²) in [6.07, 6.45) is 3.94. The van der Waals surface area contributed by atoms with E-state index in [2.05, 4.69) is 4.90 Å². The van der Waals surface area contributed by atoms with Gasteiger partial charge in [0.05, 0.1) is 5.92 Å². The monoisotopic (exact) mass is 397 g/mol. The Labute approximate surface area is 159 Å². The van der Waals surface area contributed by atoms with E-state index in [9.17, 15) is 13.2 Å². The van der Waals surface area contributed by atoms with Gasteiger partial charge in [0.25, 0.3) is 10.0 Å². The number of fused-ring (bicyclic) bond motifs is 1. The van der Waals surface area contributed by atoms with Gasteiger partial charge in [0.2, 0.25) is 5.91 Å². The second-order valence-electron chi connectivity index (χ2n) is 7.68. The Hall–Kier alpha value is -0.960. The third-order valence-electron chi connectivity index (χ3n) is 5.94. The first-order valence-corrected chi connectivity index (χ1v) is 11.8. The second kappa shape index (κ2) is 7.22. The molecule has 3 fully saturated rings. The Bertz CT molecular complexity index is 776. The number of carbonyl (C=O) groups is 1. The van der Waals surface area contributed by atoms with Crippen LogP contribution < -0.4 is 0 Å². The smallest absolute Gasteiger partial charge is 0.252 e. The molecule has 144 valence electrons. The van der Waals surface area contributed by atoms with E-state index in [4.69, 9.17) is 0 Å². The molecule has 4 rings (SSSR count). The van der Waals surface area contributed by atoms with Crippen LogP contribution in [0.4, 0.5) is 0 Å². The van der Waals surface area contributed by atoms with Crippen LogP contribution in [0.25, 0.3) is 0 Å². The van der Waals surface area contributed by atoms with Gasteiger partial charge in [-0.25, -0.2) is 8.42 Å². The largest absolute Gasteiger partial charge is 0.340 e. The Morgan fingerprint density at radius 1 is 1.08 bits per heavy atom. The van der Waals surface area contributed by atoms with Crippen molar-refractivity contribution in [3.8, 4) is 0 Å². The molecule has 0 N–H and O–H groups in total. The number of rotatable bonds is 3. The van der Waals surface area contributed by atoms with Crippen molar-refractivity contribution in [2.45, 2.75) is 42.9 Å². The number of hydrogen-bond donors (Lipinski definition) is 0. The van der Waals surface area contributed by atoms with Crippen LogP contribution in [0.1, 0.15) is 30.6 Å². The molecule has 0 aliphatic carbocycles. The molecule has 4 heterocycles. The van der Waals surface area contributed by atoms with Crippen LogP contribution in [0.3, 0.4) is 0 Å². The molecule has 0 aromatic carbocycles. The van der Waals surface area contributed by atoms with E-state index < -0.39 is 10.0 Å². The molecular weight excluding hydrogens is 370 g/mol. The third kappa shape index (κ3) is 3.44. The molecule has 0 saturated carbocycles. The summed E-state index contributed by atoms with van der Waals surface area (Å²) >= 11 is 1.31. The maximum absolute atomic E-state index is 13.0. The fraction of sp³-hybridized carbons (Fsp3) is 0.722. The van der Waals surface area contributed by atoms with E-state index in [0.717, 1.165) is 43.9 Å². The number of aryl methyl sites for hydroxylation is 1. The minimum absolute atomic E-state index is 0.152. The number of amides is 1. The van der Waals surface area contributed by atoms with Crippen molar-refractivity contribution in [2.24, 2.45) is 5.92 Å². The Kier molecular flexibility index (Phi) is 5.11. The van der Waals surface area contributed by atoms with Crippen LogP contribution in [0, 0.1) is 12.8 Å². The van der Waals surface area contributed by atoms with E-state index in [1.165, 1.54) is 28.5 Å². The first kappa shape index (κ1) is 18.4. The fourth-order valence-corrected chi connectivity index (χ4v) is 7.45. The van der Waals surface area contributed by atoms with Crippen molar-refractivity contribution in [3.63, 3.8) is 0 Å². The number of piperidine rings is 1. The zero-order valence-corrected chi connectivity index (χ0v) is 16.9. The SMILES string of the molecule is Cc1ccc(S(=O)(=O)N2CCCC(C(=O)N3CCN4CCCC4C3)C2)s1. The lowest BCUT2D eigenvalue weighted by Gasteiger charge is -2.40. The van der Waals surface area contributed by atoms with Crippen LogP contribution in [-0.2, 0) is 14.8 Å². The van der Waals surface area contributed by atoms with Gasteiger partial charge in [-0.3, -0.25) is 9.69 Å². The zero-order chi connectivity index (χ0) is 18.3. The molecule has 26 heavy (non-hydrogen) atoms. The lowest BCUT2D eigenvalue weighted by Crippen LogP contribution is -2.55. The Morgan fingerprint density at radius 3 is 2.65 bits per heavy atom. The summed E-state index contributed by atoms with van der Waals surface area (Å²) in [6.45, 7) is 6.45. The van der Waals surface area contributed by atoms with Crippen molar-refractivity contribution in [1.82, 2.24) is 14.1 Å². The first-order valence-electron chi connectivity index (χ1n) is 9.54. The summed E-state index contributed by atoms with van der Waals surface area (Å²) < 4.78 is 27.7. The Balaban J connectivity index is 1.44. The van der Waals surface area contributed by atoms with E-state index in [1.807, 2.05) is 17.9 Å². The van der Waals surface area contributed by atoms with Gasteiger partial charge in [-0.2, -0.15) is 4.31 Å². The normalized spacial score (nSPS) is 28.3. The maximum Gasteiger partial charge on any atom is 0.252 e. The molecule has 1 amide bonds. The minimum atomic E-state index is -3.48. The highest BCUT2D eigenvalue weighted by molar-refractivity contribution is 7.91. The molecule has 3 aliphatic heterocycles. The maximum atomic E-state index is 13.0. The highest BCUT2D eigenvalue weighted by Crippen LogP contribution is 2.30. The Morgan fingerprint density at radius 2 is 1.88 bits per heavy atom. The van der Waals surface area contributed by atoms with Crippen molar-refractivity contribution >= 4 is 27.3 Å². The molecule has 3 saturated heterocycles. The molecule has 0 bridgehead atoms. The van der Waals surface area contributed by atoms with E-state index in [1.54, 1.807) is 6.07 Å². The number of carbonyl (C=O) groups excluding carboxylic acids is 1. The quantitative estimate of drug-likeness (QED) is 0.780. The molecule has 2 atom stereocenters.